The van der Waals surface area contributed by atoms with Gasteiger partial charge in [-0.1, -0.05) is 13.3 Å². The normalized spacial score (nSPS) is 10.4. The van der Waals surface area contributed by atoms with E-state index in [9.17, 15) is 9.59 Å². The van der Waals surface area contributed by atoms with Gasteiger partial charge in [-0.2, -0.15) is 5.10 Å². The minimum absolute atomic E-state index is 0.491. The van der Waals surface area contributed by atoms with Crippen LogP contribution < -0.4 is 15.5 Å². The molecular weight excluding hydrogens is 270 g/mol. The van der Waals surface area contributed by atoms with Gasteiger partial charge in [0.15, 0.2) is 0 Å². The number of hydrogen-bond donors (Lipinski definition) is 2. The monoisotopic (exact) mass is 291 g/mol. The molecule has 0 bridgehead atoms. The molecule has 2 amide bonds. The fourth-order valence-electron chi connectivity index (χ4n) is 1.49. The highest BCUT2D eigenvalue weighted by Crippen LogP contribution is 2.10. The number of unbranched alkanes of at least 4 members (excludes halogenated alkanes) is 1. The Hall–Kier alpha value is -2.37. The lowest BCUT2D eigenvalue weighted by Crippen LogP contribution is -2.38. The van der Waals surface area contributed by atoms with Crippen molar-refractivity contribution >= 4 is 18.0 Å². The van der Waals surface area contributed by atoms with Gasteiger partial charge < -0.3 is 10.1 Å². The number of hydrogen-bond acceptors (Lipinski definition) is 4. The van der Waals surface area contributed by atoms with Gasteiger partial charge in [-0.15, -0.1) is 0 Å². The van der Waals surface area contributed by atoms with Gasteiger partial charge in [-0.05, 0) is 43.2 Å². The molecule has 0 heterocycles. The zero-order chi connectivity index (χ0) is 15.5. The van der Waals surface area contributed by atoms with Crippen LogP contribution in [-0.4, -0.2) is 31.2 Å². The molecular formula is C15H21N3O3. The molecule has 6 nitrogen and oxygen atoms in total. The highest BCUT2D eigenvalue weighted by atomic mass is 16.5. The van der Waals surface area contributed by atoms with E-state index in [2.05, 4.69) is 15.8 Å². The zero-order valence-corrected chi connectivity index (χ0v) is 12.4. The lowest BCUT2D eigenvalue weighted by Gasteiger charge is -2.03. The van der Waals surface area contributed by atoms with E-state index in [0.717, 1.165) is 24.2 Å². The first-order chi connectivity index (χ1) is 10.2. The number of nitrogens with one attached hydrogen (secondary N) is 2. The van der Waals surface area contributed by atoms with Gasteiger partial charge in [0.2, 0.25) is 0 Å². The number of benzene rings is 1. The van der Waals surface area contributed by atoms with Crippen molar-refractivity contribution in [3.63, 3.8) is 0 Å². The van der Waals surface area contributed by atoms with Gasteiger partial charge in [0.05, 0.1) is 12.8 Å². The summed E-state index contributed by atoms with van der Waals surface area (Å²) in [5.41, 5.74) is 2.98. The second-order valence-electron chi connectivity index (χ2n) is 4.31. The molecule has 1 aromatic carbocycles. The van der Waals surface area contributed by atoms with Crippen molar-refractivity contribution in [2.24, 2.45) is 5.10 Å². The van der Waals surface area contributed by atoms with E-state index in [1.165, 1.54) is 6.21 Å². The first-order valence-corrected chi connectivity index (χ1v) is 7.01. The molecule has 0 unspecified atom stereocenters. The van der Waals surface area contributed by atoms with E-state index in [4.69, 9.17) is 4.74 Å². The van der Waals surface area contributed by atoms with E-state index in [1.807, 2.05) is 38.1 Å². The zero-order valence-electron chi connectivity index (χ0n) is 12.4. The molecule has 0 saturated heterocycles. The Morgan fingerprint density at radius 3 is 2.52 bits per heavy atom. The van der Waals surface area contributed by atoms with Gasteiger partial charge in [0.25, 0.3) is 0 Å². The van der Waals surface area contributed by atoms with Crippen LogP contribution in [0.25, 0.3) is 0 Å². The summed E-state index contributed by atoms with van der Waals surface area (Å²) in [6, 6.07) is 7.23. The summed E-state index contributed by atoms with van der Waals surface area (Å²) < 4.78 is 5.31. The van der Waals surface area contributed by atoms with Gasteiger partial charge in [-0.3, -0.25) is 9.59 Å². The van der Waals surface area contributed by atoms with E-state index in [1.54, 1.807) is 0 Å². The maximum atomic E-state index is 11.4. The summed E-state index contributed by atoms with van der Waals surface area (Å²) >= 11 is 0. The molecule has 0 spiro atoms. The molecule has 0 aromatic heterocycles. The lowest BCUT2D eigenvalue weighted by atomic mass is 10.2. The minimum atomic E-state index is -0.770. The summed E-state index contributed by atoms with van der Waals surface area (Å²) in [4.78, 5) is 22.8. The molecule has 0 fully saturated rings. The first kappa shape index (κ1) is 16.7. The molecule has 1 aromatic rings. The van der Waals surface area contributed by atoms with Crippen molar-refractivity contribution in [1.29, 1.82) is 0 Å². The standard InChI is InChI=1S/C15H21N3O3/c1-3-5-10-16-14(19)15(20)18-17-11-12-6-8-13(9-7-12)21-4-2/h6-9,11H,3-5,10H2,1-2H3,(H,16,19)(H,18,20)/b17-11-. The Labute approximate surface area is 124 Å². The molecule has 2 N–H and O–H groups in total. The predicted octanol–water partition coefficient (Wildman–Crippen LogP) is 1.45. The molecule has 0 aliphatic carbocycles. The van der Waals surface area contributed by atoms with Crippen LogP contribution in [0.3, 0.4) is 0 Å². The molecule has 0 atom stereocenters. The fraction of sp³-hybridized carbons (Fsp3) is 0.400. The molecule has 0 aliphatic heterocycles. The summed E-state index contributed by atoms with van der Waals surface area (Å²) in [7, 11) is 0. The van der Waals surface area contributed by atoms with Crippen molar-refractivity contribution in [3.05, 3.63) is 29.8 Å². The Morgan fingerprint density at radius 2 is 1.90 bits per heavy atom. The Morgan fingerprint density at radius 1 is 1.19 bits per heavy atom. The summed E-state index contributed by atoms with van der Waals surface area (Å²) in [5, 5.41) is 6.25. The largest absolute Gasteiger partial charge is 0.494 e. The highest BCUT2D eigenvalue weighted by molar-refractivity contribution is 6.35. The van der Waals surface area contributed by atoms with E-state index >= 15 is 0 Å². The van der Waals surface area contributed by atoms with Crippen LogP contribution in [0.5, 0.6) is 5.75 Å². The van der Waals surface area contributed by atoms with Crippen LogP contribution in [0.2, 0.25) is 0 Å². The van der Waals surface area contributed by atoms with Gasteiger partial charge in [0, 0.05) is 6.54 Å². The van der Waals surface area contributed by atoms with Crippen LogP contribution >= 0.6 is 0 Å². The van der Waals surface area contributed by atoms with Crippen molar-refractivity contribution in [3.8, 4) is 5.75 Å². The van der Waals surface area contributed by atoms with Gasteiger partial charge >= 0.3 is 11.8 Å². The maximum absolute atomic E-state index is 11.4. The number of hydrazone groups is 1. The predicted molar refractivity (Wildman–Crippen MR) is 81.3 cm³/mol. The molecule has 0 radical (unpaired) electrons. The third-order valence-electron chi connectivity index (χ3n) is 2.59. The van der Waals surface area contributed by atoms with E-state index in [-0.39, 0.29) is 0 Å². The third kappa shape index (κ3) is 6.56. The van der Waals surface area contributed by atoms with Crippen LogP contribution in [0.15, 0.2) is 29.4 Å². The number of carbonyl (C=O) groups is 2. The van der Waals surface area contributed by atoms with Crippen molar-refractivity contribution in [2.45, 2.75) is 26.7 Å². The Bertz CT molecular complexity index is 483. The molecule has 21 heavy (non-hydrogen) atoms. The summed E-state index contributed by atoms with van der Waals surface area (Å²) in [6.07, 6.45) is 3.26. The number of rotatable bonds is 7. The SMILES string of the molecule is CCCCNC(=O)C(=O)N/N=C\c1ccc(OCC)cc1. The summed E-state index contributed by atoms with van der Waals surface area (Å²) in [6.45, 7) is 5.02. The molecule has 0 aliphatic rings. The quantitative estimate of drug-likeness (QED) is 0.345. The Balaban J connectivity index is 2.39. The molecule has 114 valence electrons. The second-order valence-corrected chi connectivity index (χ2v) is 4.31. The smallest absolute Gasteiger partial charge is 0.329 e. The maximum Gasteiger partial charge on any atom is 0.329 e. The lowest BCUT2D eigenvalue weighted by molar-refractivity contribution is -0.139. The van der Waals surface area contributed by atoms with Gasteiger partial charge in [0.1, 0.15) is 5.75 Å². The molecule has 1 rings (SSSR count). The minimum Gasteiger partial charge on any atom is -0.494 e. The third-order valence-corrected chi connectivity index (χ3v) is 2.59. The average molecular weight is 291 g/mol. The highest BCUT2D eigenvalue weighted by Gasteiger charge is 2.10. The van der Waals surface area contributed by atoms with Crippen LogP contribution in [0, 0.1) is 0 Å². The second kappa shape index (κ2) is 9.52. The molecule has 6 heteroatoms. The van der Waals surface area contributed by atoms with E-state index < -0.39 is 11.8 Å². The van der Waals surface area contributed by atoms with E-state index in [0.29, 0.717) is 13.2 Å². The number of ether oxygens (including phenoxy) is 1. The number of amides is 2. The fourth-order valence-corrected chi connectivity index (χ4v) is 1.49. The van der Waals surface area contributed by atoms with Gasteiger partial charge in [-0.25, -0.2) is 5.43 Å². The average Bonchev–Trinajstić information content (AvgIpc) is 2.49. The summed E-state index contributed by atoms with van der Waals surface area (Å²) in [5.74, 6) is -0.672. The van der Waals surface area contributed by atoms with Crippen molar-refractivity contribution < 1.29 is 14.3 Å². The Kier molecular flexibility index (Phi) is 7.56. The van der Waals surface area contributed by atoms with Crippen LogP contribution in [-0.2, 0) is 9.59 Å². The van der Waals surface area contributed by atoms with Crippen molar-refractivity contribution in [2.75, 3.05) is 13.2 Å². The molecule has 0 saturated carbocycles. The number of nitrogens with zero attached hydrogens (tertiary/aromatic N) is 1. The van der Waals surface area contributed by atoms with Crippen molar-refractivity contribution in [1.82, 2.24) is 10.7 Å². The van der Waals surface area contributed by atoms with Crippen LogP contribution in [0.4, 0.5) is 0 Å². The van der Waals surface area contributed by atoms with Crippen LogP contribution in [0.1, 0.15) is 32.3 Å². The number of carbonyl (C=O) groups excluding carboxylic acids is 2. The first-order valence-electron chi connectivity index (χ1n) is 7.01. The topological polar surface area (TPSA) is 79.8 Å².